The smallest absolute Gasteiger partial charge is 0.221 e. The van der Waals surface area contributed by atoms with E-state index in [1.54, 1.807) is 25.3 Å². The number of hydrogen-bond acceptors (Lipinski definition) is 5. The Hall–Kier alpha value is -2.83. The molecule has 0 atom stereocenters. The number of ether oxygens (including phenoxy) is 1. The van der Waals surface area contributed by atoms with Crippen LogP contribution >= 0.6 is 0 Å². The number of rotatable bonds is 5. The molecule has 0 amide bonds. The lowest BCUT2D eigenvalue weighted by atomic mass is 10.1. The zero-order valence-electron chi connectivity index (χ0n) is 14.9. The fraction of sp³-hybridized carbons (Fsp3) is 0.333. The highest BCUT2D eigenvalue weighted by Crippen LogP contribution is 2.29. The summed E-state index contributed by atoms with van der Waals surface area (Å²) in [6.45, 7) is 8.63. The molecular weight excluding hydrogens is 321 g/mol. The average molecular weight is 343 g/mol. The lowest BCUT2D eigenvalue weighted by molar-refractivity contribution is 0.328. The summed E-state index contributed by atoms with van der Waals surface area (Å²) in [7, 11) is 0. The number of aryl methyl sites for hydroxylation is 1. The van der Waals surface area contributed by atoms with Gasteiger partial charge in [0.25, 0.3) is 0 Å². The predicted octanol–water partition coefficient (Wildman–Crippen LogP) is 3.66. The third-order valence-electron chi connectivity index (χ3n) is 3.22. The molecule has 132 valence electrons. The van der Waals surface area contributed by atoms with Gasteiger partial charge in [0.15, 0.2) is 5.82 Å². The number of pyridine rings is 1. The van der Waals surface area contributed by atoms with E-state index in [-0.39, 0.29) is 5.82 Å². The van der Waals surface area contributed by atoms with Crippen LogP contribution in [0.15, 0.2) is 36.5 Å². The predicted molar refractivity (Wildman–Crippen MR) is 93.8 cm³/mol. The van der Waals surface area contributed by atoms with Crippen molar-refractivity contribution in [1.82, 2.24) is 25.2 Å². The Labute approximate surface area is 146 Å². The fourth-order valence-corrected chi connectivity index (χ4v) is 2.22. The van der Waals surface area contributed by atoms with Crippen LogP contribution in [0.2, 0.25) is 0 Å². The van der Waals surface area contributed by atoms with Crippen molar-refractivity contribution in [2.24, 2.45) is 0 Å². The number of aromatic nitrogens is 5. The molecule has 3 rings (SSSR count). The van der Waals surface area contributed by atoms with Crippen LogP contribution in [0.25, 0.3) is 11.1 Å². The summed E-state index contributed by atoms with van der Waals surface area (Å²) >= 11 is 0. The second-order valence-corrected chi connectivity index (χ2v) is 5.00. The third-order valence-corrected chi connectivity index (χ3v) is 3.22. The van der Waals surface area contributed by atoms with Gasteiger partial charge in [0.05, 0.1) is 13.2 Å². The number of benzene rings is 1. The normalized spacial score (nSPS) is 10.1. The first-order chi connectivity index (χ1) is 12.2. The molecule has 0 saturated heterocycles. The van der Waals surface area contributed by atoms with Crippen LogP contribution in [-0.2, 0) is 6.54 Å². The zero-order chi connectivity index (χ0) is 18.2. The molecule has 1 aromatic carbocycles. The summed E-state index contributed by atoms with van der Waals surface area (Å²) < 4.78 is 18.7. The molecule has 0 saturated carbocycles. The molecule has 7 heteroatoms. The first-order valence-electron chi connectivity index (χ1n) is 8.28. The van der Waals surface area contributed by atoms with Crippen LogP contribution in [0.3, 0.4) is 0 Å². The van der Waals surface area contributed by atoms with E-state index >= 15 is 0 Å². The van der Waals surface area contributed by atoms with Crippen LogP contribution in [0.4, 0.5) is 4.39 Å². The van der Waals surface area contributed by atoms with Gasteiger partial charge in [-0.25, -0.2) is 9.37 Å². The van der Waals surface area contributed by atoms with Gasteiger partial charge in [0.2, 0.25) is 5.88 Å². The monoisotopic (exact) mass is 343 g/mol. The molecule has 2 aromatic heterocycles. The van der Waals surface area contributed by atoms with Gasteiger partial charge in [0.1, 0.15) is 5.82 Å². The summed E-state index contributed by atoms with van der Waals surface area (Å²) in [4.78, 5) is 5.87. The first kappa shape index (κ1) is 18.5. The van der Waals surface area contributed by atoms with Gasteiger partial charge in [-0.15, -0.1) is 10.2 Å². The second kappa shape index (κ2) is 8.86. The standard InChI is InChI=1S/C16H16FN5O.C2H6/c1-3-23-16-15(13-4-6-14(17)7-5-13)8-12(9-18-16)10-22-20-11(2)19-21-22;1-2/h4-9H,3,10H2,1-2H3;1-2H3. The second-order valence-electron chi connectivity index (χ2n) is 5.00. The Morgan fingerprint density at radius 1 is 1.16 bits per heavy atom. The summed E-state index contributed by atoms with van der Waals surface area (Å²) in [5.74, 6) is 0.853. The van der Waals surface area contributed by atoms with Crippen LogP contribution in [0.5, 0.6) is 5.88 Å². The van der Waals surface area contributed by atoms with Crippen molar-refractivity contribution < 1.29 is 9.13 Å². The van der Waals surface area contributed by atoms with Crippen molar-refractivity contribution >= 4 is 0 Å². The maximum atomic E-state index is 13.1. The van der Waals surface area contributed by atoms with E-state index in [9.17, 15) is 4.39 Å². The van der Waals surface area contributed by atoms with Gasteiger partial charge in [-0.2, -0.15) is 4.80 Å². The van der Waals surface area contributed by atoms with Crippen LogP contribution in [0, 0.1) is 12.7 Å². The van der Waals surface area contributed by atoms with Gasteiger partial charge < -0.3 is 4.74 Å². The summed E-state index contributed by atoms with van der Waals surface area (Å²) in [6, 6.07) is 8.19. The molecule has 0 unspecified atom stereocenters. The van der Waals surface area contributed by atoms with Crippen LogP contribution in [-0.4, -0.2) is 31.8 Å². The van der Waals surface area contributed by atoms with E-state index in [1.165, 1.54) is 16.9 Å². The van der Waals surface area contributed by atoms with Crippen molar-refractivity contribution in [3.8, 4) is 17.0 Å². The van der Waals surface area contributed by atoms with E-state index in [2.05, 4.69) is 20.4 Å². The molecule has 0 N–H and O–H groups in total. The summed E-state index contributed by atoms with van der Waals surface area (Å²) in [5, 5.41) is 12.0. The molecule has 0 fully saturated rings. The highest BCUT2D eigenvalue weighted by molar-refractivity contribution is 5.69. The Bertz CT molecular complexity index is 801. The Morgan fingerprint density at radius 2 is 1.88 bits per heavy atom. The van der Waals surface area contributed by atoms with Crippen LogP contribution in [0.1, 0.15) is 32.2 Å². The molecule has 0 bridgehead atoms. The van der Waals surface area contributed by atoms with Crippen LogP contribution < -0.4 is 4.74 Å². The Balaban J connectivity index is 0.00000109. The van der Waals surface area contributed by atoms with Gasteiger partial charge in [0, 0.05) is 11.8 Å². The minimum Gasteiger partial charge on any atom is -0.478 e. The molecule has 0 aliphatic carbocycles. The third kappa shape index (κ3) is 4.82. The Morgan fingerprint density at radius 3 is 2.48 bits per heavy atom. The van der Waals surface area contributed by atoms with Crippen molar-refractivity contribution in [2.45, 2.75) is 34.2 Å². The van der Waals surface area contributed by atoms with E-state index in [1.807, 2.05) is 26.8 Å². The number of nitrogens with zero attached hydrogens (tertiary/aromatic N) is 5. The fourth-order valence-electron chi connectivity index (χ4n) is 2.22. The summed E-state index contributed by atoms with van der Waals surface area (Å²) in [5.41, 5.74) is 2.55. The Kier molecular flexibility index (Phi) is 6.56. The molecule has 0 aliphatic rings. The highest BCUT2D eigenvalue weighted by atomic mass is 19.1. The van der Waals surface area contributed by atoms with Gasteiger partial charge >= 0.3 is 0 Å². The maximum absolute atomic E-state index is 13.1. The van der Waals surface area contributed by atoms with E-state index < -0.39 is 0 Å². The minimum atomic E-state index is -0.280. The molecular formula is C18H22FN5O. The molecule has 6 nitrogen and oxygen atoms in total. The number of hydrogen-bond donors (Lipinski definition) is 0. The SMILES string of the molecule is CC.CCOc1ncc(Cn2nnc(C)n2)cc1-c1ccc(F)cc1. The molecule has 25 heavy (non-hydrogen) atoms. The molecule has 2 heterocycles. The molecule has 3 aromatic rings. The summed E-state index contributed by atoms with van der Waals surface area (Å²) in [6.07, 6.45) is 1.72. The molecule has 0 spiro atoms. The lowest BCUT2D eigenvalue weighted by Crippen LogP contribution is -2.06. The highest BCUT2D eigenvalue weighted by Gasteiger charge is 2.11. The first-order valence-corrected chi connectivity index (χ1v) is 8.28. The van der Waals surface area contributed by atoms with Crippen molar-refractivity contribution in [3.63, 3.8) is 0 Å². The molecule has 0 radical (unpaired) electrons. The minimum absolute atomic E-state index is 0.280. The van der Waals surface area contributed by atoms with E-state index in [0.29, 0.717) is 24.9 Å². The van der Waals surface area contributed by atoms with Gasteiger partial charge in [-0.05, 0) is 48.4 Å². The zero-order valence-corrected chi connectivity index (χ0v) is 14.9. The number of tetrazole rings is 1. The van der Waals surface area contributed by atoms with Crippen molar-refractivity contribution in [1.29, 1.82) is 0 Å². The number of halogens is 1. The average Bonchev–Trinajstić information content (AvgIpc) is 3.04. The molecule has 0 aliphatic heterocycles. The lowest BCUT2D eigenvalue weighted by Gasteiger charge is -2.11. The van der Waals surface area contributed by atoms with E-state index in [4.69, 9.17) is 4.74 Å². The maximum Gasteiger partial charge on any atom is 0.221 e. The van der Waals surface area contributed by atoms with Crippen molar-refractivity contribution in [2.75, 3.05) is 6.61 Å². The van der Waals surface area contributed by atoms with Crippen molar-refractivity contribution in [3.05, 3.63) is 53.7 Å². The largest absolute Gasteiger partial charge is 0.478 e. The van der Waals surface area contributed by atoms with Gasteiger partial charge in [-0.1, -0.05) is 26.0 Å². The quantitative estimate of drug-likeness (QED) is 0.707. The topological polar surface area (TPSA) is 65.7 Å². The van der Waals surface area contributed by atoms with E-state index in [0.717, 1.165) is 16.7 Å². The van der Waals surface area contributed by atoms with Gasteiger partial charge in [-0.3, -0.25) is 0 Å².